The number of benzene rings is 6. The first-order valence-corrected chi connectivity index (χ1v) is 19.8. The van der Waals surface area contributed by atoms with Crippen molar-refractivity contribution in [2.75, 3.05) is 0 Å². The molecule has 291 valence electrons. The molecule has 0 aliphatic heterocycles. The summed E-state index contributed by atoms with van der Waals surface area (Å²) >= 11 is 0. The smallest absolute Gasteiger partial charge is 0.149 e. The first-order chi connectivity index (χ1) is 26.9. The number of para-hydroxylation sites is 3. The summed E-state index contributed by atoms with van der Waals surface area (Å²) in [7, 11) is 0. The monoisotopic (exact) mass is 927 g/mol. The van der Waals surface area contributed by atoms with Crippen molar-refractivity contribution < 1.29 is 25.2 Å². The van der Waals surface area contributed by atoms with E-state index in [0.29, 0.717) is 17.8 Å². The van der Waals surface area contributed by atoms with E-state index in [0.717, 1.165) is 44.9 Å². The molecule has 0 bridgehead atoms. The average molecular weight is 927 g/mol. The zero-order valence-corrected chi connectivity index (χ0v) is 36.9. The Morgan fingerprint density at radius 3 is 1.93 bits per heavy atom. The maximum atomic E-state index is 10.8. The van der Waals surface area contributed by atoms with E-state index in [1.807, 2.05) is 36.5 Å². The normalized spacial score (nSPS) is 11.3. The van der Waals surface area contributed by atoms with Crippen molar-refractivity contribution in [1.82, 2.24) is 14.5 Å². The number of imidazole rings is 1. The van der Waals surface area contributed by atoms with Crippen molar-refractivity contribution in [3.05, 3.63) is 167 Å². The first-order valence-electron chi connectivity index (χ1n) is 19.8. The minimum absolute atomic E-state index is 0. The van der Waals surface area contributed by atoms with Gasteiger partial charge in [0.05, 0.1) is 22.3 Å². The molecule has 0 atom stereocenters. The fraction of sp³-hybridized carbons (Fsp3) is 0.231. The predicted molar refractivity (Wildman–Crippen MR) is 236 cm³/mol. The Hall–Kier alpha value is -5.35. The molecule has 4 nitrogen and oxygen atoms in total. The van der Waals surface area contributed by atoms with Gasteiger partial charge in [0.2, 0.25) is 0 Å². The number of nitrogens with zero attached hydrogens (tertiary/aromatic N) is 3. The Morgan fingerprint density at radius 2 is 1.28 bits per heavy atom. The molecule has 0 aliphatic rings. The van der Waals surface area contributed by atoms with E-state index in [2.05, 4.69) is 158 Å². The quantitative estimate of drug-likeness (QED) is 0.162. The summed E-state index contributed by atoms with van der Waals surface area (Å²) in [6.07, 6.45) is 1.98. The standard InChI is InChI=1S/C31H30N2O.C21H22N.Ir/c1-20(2)25-18-23(22-12-6-5-7-13-22)19-26(21(3)4)30(25)33-28-16-10-9-15-27(28)32-31(33)24-14-8-11-17-29(24)34;1-13(2)17-6-7-19-20(11-17)16(5)12-22-21(19)18-9-14(3)8-15(4)10-18;/h5-21,34H,1-4H3;6-9,11-13H,1-5H3;/q;-1;. The van der Waals surface area contributed by atoms with Gasteiger partial charge < -0.3 is 10.1 Å². The van der Waals surface area contributed by atoms with Gasteiger partial charge in [-0.3, -0.25) is 4.57 Å². The van der Waals surface area contributed by atoms with Crippen LogP contribution < -0.4 is 0 Å². The number of phenolic OH excluding ortho intramolecular Hbond substituents is 1. The molecule has 2 heterocycles. The van der Waals surface area contributed by atoms with Gasteiger partial charge in [-0.2, -0.15) is 0 Å². The third kappa shape index (κ3) is 8.52. The minimum atomic E-state index is 0. The maximum absolute atomic E-state index is 10.8. The molecule has 0 unspecified atom stereocenters. The molecule has 1 N–H and O–H groups in total. The molecule has 0 amide bonds. The second-order valence-electron chi connectivity index (χ2n) is 16.0. The molecule has 57 heavy (non-hydrogen) atoms. The molecule has 0 spiro atoms. The van der Waals surface area contributed by atoms with Gasteiger partial charge in [0.15, 0.2) is 0 Å². The van der Waals surface area contributed by atoms with E-state index in [1.165, 1.54) is 49.7 Å². The number of hydrogen-bond donors (Lipinski definition) is 1. The SMILES string of the molecule is CC(C)c1cc(-c2ccccc2)cc(C(C)C)c1-n1c(-c2ccccc2O)nc2ccccc21.Cc1[c-]c(-c2ncc(C)c3cc(C(C)C)ccc23)cc(C)c1.[Ir]. The number of aromatic hydroxyl groups is 1. The first kappa shape index (κ1) is 41.3. The van der Waals surface area contributed by atoms with Gasteiger partial charge in [-0.05, 0) is 111 Å². The van der Waals surface area contributed by atoms with Crippen molar-refractivity contribution >= 4 is 21.8 Å². The van der Waals surface area contributed by atoms with E-state index in [1.54, 1.807) is 6.07 Å². The number of hydrogen-bond acceptors (Lipinski definition) is 3. The Morgan fingerprint density at radius 1 is 0.632 bits per heavy atom. The molecule has 8 aromatic rings. The van der Waals surface area contributed by atoms with E-state index in [-0.39, 0.29) is 25.9 Å². The Labute approximate surface area is 352 Å². The number of fused-ring (bicyclic) bond motifs is 2. The van der Waals surface area contributed by atoms with Gasteiger partial charge in [-0.1, -0.05) is 128 Å². The maximum Gasteiger partial charge on any atom is 0.149 e. The molecule has 0 aliphatic carbocycles. The van der Waals surface area contributed by atoms with Crippen molar-refractivity contribution in [3.8, 4) is 45.2 Å². The van der Waals surface area contributed by atoms with Crippen LogP contribution in [0.25, 0.3) is 61.3 Å². The van der Waals surface area contributed by atoms with E-state index >= 15 is 0 Å². The van der Waals surface area contributed by atoms with Gasteiger partial charge >= 0.3 is 0 Å². The minimum Gasteiger partial charge on any atom is -0.507 e. The largest absolute Gasteiger partial charge is 0.507 e. The molecule has 8 rings (SSSR count). The zero-order chi connectivity index (χ0) is 39.7. The summed E-state index contributed by atoms with van der Waals surface area (Å²) in [6, 6.07) is 45.4. The fourth-order valence-electron chi connectivity index (χ4n) is 7.70. The fourth-order valence-corrected chi connectivity index (χ4v) is 7.70. The Kier molecular flexibility index (Phi) is 12.6. The van der Waals surface area contributed by atoms with Crippen LogP contribution in [0.5, 0.6) is 5.75 Å². The number of pyridine rings is 1. The van der Waals surface area contributed by atoms with Crippen molar-refractivity contribution in [1.29, 1.82) is 0 Å². The van der Waals surface area contributed by atoms with Gasteiger partial charge in [0.25, 0.3) is 0 Å². The summed E-state index contributed by atoms with van der Waals surface area (Å²) in [6.45, 7) is 19.8. The van der Waals surface area contributed by atoms with Crippen molar-refractivity contribution in [3.63, 3.8) is 0 Å². The van der Waals surface area contributed by atoms with E-state index in [9.17, 15) is 5.11 Å². The van der Waals surface area contributed by atoms with Crippen LogP contribution >= 0.6 is 0 Å². The summed E-state index contributed by atoms with van der Waals surface area (Å²) in [4.78, 5) is 9.71. The second-order valence-corrected chi connectivity index (χ2v) is 16.0. The number of aryl methyl sites for hydroxylation is 3. The van der Waals surface area contributed by atoms with Crippen molar-refractivity contribution in [2.45, 2.75) is 80.1 Å². The summed E-state index contributed by atoms with van der Waals surface area (Å²) in [5, 5.41) is 13.3. The van der Waals surface area contributed by atoms with E-state index in [4.69, 9.17) is 9.97 Å². The van der Waals surface area contributed by atoms with Crippen molar-refractivity contribution in [2.24, 2.45) is 0 Å². The summed E-state index contributed by atoms with van der Waals surface area (Å²) in [5.41, 5.74) is 15.9. The summed E-state index contributed by atoms with van der Waals surface area (Å²) in [5.74, 6) is 2.13. The molecule has 0 fully saturated rings. The molecular weight excluding hydrogens is 875 g/mol. The van der Waals surface area contributed by atoms with Crippen LogP contribution in [-0.2, 0) is 20.1 Å². The van der Waals surface area contributed by atoms with Crippen LogP contribution in [0, 0.1) is 26.8 Å². The third-order valence-electron chi connectivity index (χ3n) is 10.6. The second kappa shape index (κ2) is 17.4. The van der Waals surface area contributed by atoms with Gasteiger partial charge in [-0.15, -0.1) is 34.9 Å². The molecular formula is C52H52IrN3O-. The zero-order valence-electron chi connectivity index (χ0n) is 34.5. The number of rotatable bonds is 7. The topological polar surface area (TPSA) is 50.9 Å². The van der Waals surface area contributed by atoms with Crippen LogP contribution in [0.3, 0.4) is 0 Å². The number of phenols is 1. The Balaban J connectivity index is 0.000000207. The third-order valence-corrected chi connectivity index (χ3v) is 10.6. The molecule has 6 aromatic carbocycles. The van der Waals surface area contributed by atoms with Crippen LogP contribution in [0.2, 0.25) is 0 Å². The number of aromatic nitrogens is 3. The molecule has 1 radical (unpaired) electrons. The molecule has 5 heteroatoms. The van der Waals surface area contributed by atoms with Gasteiger partial charge in [0, 0.05) is 26.3 Å². The van der Waals surface area contributed by atoms with Crippen LogP contribution in [-0.4, -0.2) is 19.6 Å². The van der Waals surface area contributed by atoms with E-state index < -0.39 is 0 Å². The average Bonchev–Trinajstić information content (AvgIpc) is 3.56. The molecule has 0 saturated heterocycles. The van der Waals surface area contributed by atoms with Gasteiger partial charge in [0.1, 0.15) is 11.6 Å². The van der Waals surface area contributed by atoms with Gasteiger partial charge in [-0.25, -0.2) is 4.98 Å². The predicted octanol–water partition coefficient (Wildman–Crippen LogP) is 14.1. The molecule has 2 aromatic heterocycles. The summed E-state index contributed by atoms with van der Waals surface area (Å²) < 4.78 is 2.25. The molecule has 0 saturated carbocycles. The van der Waals surface area contributed by atoms with Crippen LogP contribution in [0.4, 0.5) is 0 Å². The van der Waals surface area contributed by atoms with Crippen LogP contribution in [0.15, 0.2) is 128 Å². The van der Waals surface area contributed by atoms with Crippen LogP contribution in [0.1, 0.15) is 92.7 Å². The Bertz CT molecular complexity index is 2620.